The molecule has 0 saturated carbocycles. The lowest BCUT2D eigenvalue weighted by molar-refractivity contribution is 0.0630. The van der Waals surface area contributed by atoms with Crippen LogP contribution >= 0.6 is 22.6 Å². The molecule has 2 heterocycles. The largest absolute Gasteiger partial charge is 0.336 e. The second kappa shape index (κ2) is 6.02. The maximum Gasteiger partial charge on any atom is 0.255 e. The van der Waals surface area contributed by atoms with Crippen LogP contribution in [0.2, 0.25) is 0 Å². The van der Waals surface area contributed by atoms with Crippen LogP contribution < -0.4 is 5.32 Å². The third-order valence-corrected chi connectivity index (χ3v) is 5.54. The van der Waals surface area contributed by atoms with Gasteiger partial charge in [0.25, 0.3) is 5.91 Å². The number of amides is 1. The molecular formula is C16H21IN2O. The van der Waals surface area contributed by atoms with Crippen molar-refractivity contribution in [3.8, 4) is 0 Å². The number of nitrogens with one attached hydrogen (secondary N) is 1. The average molecular weight is 384 g/mol. The molecule has 1 amide bonds. The van der Waals surface area contributed by atoms with Gasteiger partial charge in [-0.15, -0.1) is 0 Å². The molecule has 4 heteroatoms. The quantitative estimate of drug-likeness (QED) is 0.813. The summed E-state index contributed by atoms with van der Waals surface area (Å²) in [5, 5.41) is 3.65. The molecule has 1 N–H and O–H groups in total. The Hall–Kier alpha value is -0.620. The van der Waals surface area contributed by atoms with Crippen LogP contribution in [-0.4, -0.2) is 35.5 Å². The van der Waals surface area contributed by atoms with Gasteiger partial charge >= 0.3 is 0 Å². The van der Waals surface area contributed by atoms with E-state index in [0.717, 1.165) is 28.5 Å². The minimum atomic E-state index is 0.198. The van der Waals surface area contributed by atoms with Gasteiger partial charge in [-0.2, -0.15) is 0 Å². The summed E-state index contributed by atoms with van der Waals surface area (Å²) in [5.74, 6) is 0.198. The number of benzene rings is 1. The molecule has 0 radical (unpaired) electrons. The van der Waals surface area contributed by atoms with Gasteiger partial charge in [0.2, 0.25) is 0 Å². The SMILES string of the molecule is CCN(C(=O)c1ccccc1I)C1CC2CCC(C1)N2. The minimum absolute atomic E-state index is 0.198. The van der Waals surface area contributed by atoms with Crippen LogP contribution in [0.1, 0.15) is 43.0 Å². The second-order valence-electron chi connectivity index (χ2n) is 5.83. The number of carbonyl (C=O) groups excluding carboxylic acids is 1. The van der Waals surface area contributed by atoms with E-state index in [4.69, 9.17) is 0 Å². The van der Waals surface area contributed by atoms with Crippen molar-refractivity contribution >= 4 is 28.5 Å². The number of hydrogen-bond acceptors (Lipinski definition) is 2. The molecule has 108 valence electrons. The van der Waals surface area contributed by atoms with E-state index < -0.39 is 0 Å². The first-order valence-electron chi connectivity index (χ1n) is 7.50. The maximum absolute atomic E-state index is 12.8. The molecule has 2 saturated heterocycles. The summed E-state index contributed by atoms with van der Waals surface area (Å²) >= 11 is 2.26. The summed E-state index contributed by atoms with van der Waals surface area (Å²) in [6.07, 6.45) is 4.77. The number of nitrogens with zero attached hydrogens (tertiary/aromatic N) is 1. The predicted octanol–water partition coefficient (Wildman–Crippen LogP) is 3.04. The Labute approximate surface area is 134 Å². The summed E-state index contributed by atoms with van der Waals surface area (Å²) in [6, 6.07) is 9.54. The standard InChI is InChI=1S/C16H21IN2O/c1-2-19(13-9-11-7-8-12(10-13)18-11)16(20)14-5-3-4-6-15(14)17/h3-6,11-13,18H,2,7-10H2,1H3. The predicted molar refractivity (Wildman–Crippen MR) is 88.8 cm³/mol. The lowest BCUT2D eigenvalue weighted by Crippen LogP contribution is -2.50. The molecule has 1 aromatic carbocycles. The van der Waals surface area contributed by atoms with Crippen molar-refractivity contribution in [2.24, 2.45) is 0 Å². The Morgan fingerprint density at radius 2 is 1.95 bits per heavy atom. The summed E-state index contributed by atoms with van der Waals surface area (Å²) in [4.78, 5) is 14.9. The summed E-state index contributed by atoms with van der Waals surface area (Å²) in [6.45, 7) is 2.89. The van der Waals surface area contributed by atoms with Crippen LogP contribution in [0.15, 0.2) is 24.3 Å². The van der Waals surface area contributed by atoms with E-state index in [0.29, 0.717) is 18.1 Å². The number of carbonyl (C=O) groups is 1. The van der Waals surface area contributed by atoms with E-state index >= 15 is 0 Å². The first-order valence-corrected chi connectivity index (χ1v) is 8.58. The lowest BCUT2D eigenvalue weighted by Gasteiger charge is -2.37. The zero-order valence-electron chi connectivity index (χ0n) is 11.8. The summed E-state index contributed by atoms with van der Waals surface area (Å²) in [7, 11) is 0. The maximum atomic E-state index is 12.8. The molecule has 20 heavy (non-hydrogen) atoms. The minimum Gasteiger partial charge on any atom is -0.336 e. The van der Waals surface area contributed by atoms with Gasteiger partial charge in [0, 0.05) is 28.2 Å². The molecule has 2 aliphatic rings. The third-order valence-electron chi connectivity index (χ3n) is 4.59. The van der Waals surface area contributed by atoms with E-state index in [1.54, 1.807) is 0 Å². The monoisotopic (exact) mass is 384 g/mol. The van der Waals surface area contributed by atoms with Gasteiger partial charge in [-0.25, -0.2) is 0 Å². The topological polar surface area (TPSA) is 32.3 Å². The molecule has 0 aromatic heterocycles. The van der Waals surface area contributed by atoms with Crippen molar-refractivity contribution in [3.63, 3.8) is 0 Å². The highest BCUT2D eigenvalue weighted by Crippen LogP contribution is 2.30. The molecule has 2 bridgehead atoms. The van der Waals surface area contributed by atoms with Crippen LogP contribution in [0, 0.1) is 3.57 Å². The fourth-order valence-electron chi connectivity index (χ4n) is 3.64. The Morgan fingerprint density at radius 3 is 2.55 bits per heavy atom. The highest BCUT2D eigenvalue weighted by Gasteiger charge is 2.37. The third kappa shape index (κ3) is 2.72. The highest BCUT2D eigenvalue weighted by molar-refractivity contribution is 14.1. The first-order chi connectivity index (χ1) is 9.69. The van der Waals surface area contributed by atoms with Gasteiger partial charge in [-0.1, -0.05) is 12.1 Å². The van der Waals surface area contributed by atoms with E-state index in [1.807, 2.05) is 24.3 Å². The van der Waals surface area contributed by atoms with Crippen molar-refractivity contribution in [1.82, 2.24) is 10.2 Å². The van der Waals surface area contributed by atoms with Gasteiger partial charge in [0.1, 0.15) is 0 Å². The molecule has 0 spiro atoms. The molecule has 2 fully saturated rings. The Balaban J connectivity index is 1.79. The van der Waals surface area contributed by atoms with Crippen molar-refractivity contribution in [2.75, 3.05) is 6.54 Å². The Morgan fingerprint density at radius 1 is 1.30 bits per heavy atom. The van der Waals surface area contributed by atoms with Crippen molar-refractivity contribution in [3.05, 3.63) is 33.4 Å². The van der Waals surface area contributed by atoms with Crippen LogP contribution in [-0.2, 0) is 0 Å². The molecule has 3 rings (SSSR count). The summed E-state index contributed by atoms with van der Waals surface area (Å²) in [5.41, 5.74) is 0.848. The van der Waals surface area contributed by atoms with E-state index in [2.05, 4.69) is 39.7 Å². The van der Waals surface area contributed by atoms with Crippen molar-refractivity contribution in [2.45, 2.75) is 50.7 Å². The van der Waals surface area contributed by atoms with Crippen LogP contribution in [0.4, 0.5) is 0 Å². The molecular weight excluding hydrogens is 363 g/mol. The molecule has 2 unspecified atom stereocenters. The van der Waals surface area contributed by atoms with Crippen molar-refractivity contribution < 1.29 is 4.79 Å². The molecule has 0 aliphatic carbocycles. The fraction of sp³-hybridized carbons (Fsp3) is 0.562. The average Bonchev–Trinajstić information content (AvgIpc) is 2.79. The second-order valence-corrected chi connectivity index (χ2v) is 7.00. The number of fused-ring (bicyclic) bond motifs is 2. The fourth-order valence-corrected chi connectivity index (χ4v) is 4.26. The molecule has 2 atom stereocenters. The number of rotatable bonds is 3. The molecule has 1 aromatic rings. The summed E-state index contributed by atoms with van der Waals surface area (Å²) < 4.78 is 1.05. The number of piperidine rings is 1. The van der Waals surface area contributed by atoms with Crippen LogP contribution in [0.5, 0.6) is 0 Å². The van der Waals surface area contributed by atoms with Gasteiger partial charge in [-0.05, 0) is 67.3 Å². The normalized spacial score (nSPS) is 28.4. The molecule has 3 nitrogen and oxygen atoms in total. The van der Waals surface area contributed by atoms with E-state index in [1.165, 1.54) is 12.8 Å². The highest BCUT2D eigenvalue weighted by atomic mass is 127. The Kier molecular flexibility index (Phi) is 4.31. The van der Waals surface area contributed by atoms with E-state index in [-0.39, 0.29) is 5.91 Å². The number of hydrogen-bond donors (Lipinski definition) is 1. The zero-order chi connectivity index (χ0) is 14.1. The molecule has 2 aliphatic heterocycles. The smallest absolute Gasteiger partial charge is 0.255 e. The van der Waals surface area contributed by atoms with E-state index in [9.17, 15) is 4.79 Å². The first kappa shape index (κ1) is 14.3. The van der Waals surface area contributed by atoms with Crippen LogP contribution in [0.3, 0.4) is 0 Å². The van der Waals surface area contributed by atoms with Gasteiger partial charge < -0.3 is 10.2 Å². The van der Waals surface area contributed by atoms with Gasteiger partial charge in [0.15, 0.2) is 0 Å². The number of halogens is 1. The van der Waals surface area contributed by atoms with Gasteiger partial charge in [0.05, 0.1) is 5.56 Å². The van der Waals surface area contributed by atoms with Crippen molar-refractivity contribution in [1.29, 1.82) is 0 Å². The Bertz CT molecular complexity index is 493. The zero-order valence-corrected chi connectivity index (χ0v) is 14.0. The van der Waals surface area contributed by atoms with Gasteiger partial charge in [-0.3, -0.25) is 4.79 Å². The lowest BCUT2D eigenvalue weighted by atomic mass is 9.97. The van der Waals surface area contributed by atoms with Crippen LogP contribution in [0.25, 0.3) is 0 Å².